The second-order valence-corrected chi connectivity index (χ2v) is 6.09. The highest BCUT2D eigenvalue weighted by Crippen LogP contribution is 2.16. The number of aromatic nitrogens is 2. The number of hydrogen-bond acceptors (Lipinski definition) is 4. The molecule has 1 unspecified atom stereocenters. The summed E-state index contributed by atoms with van der Waals surface area (Å²) < 4.78 is 1.59. The quantitative estimate of drug-likeness (QED) is 0.780. The standard InChI is InChI=1S/C16H28N4O/c1-3-7-17-11-14(2)13-20-16(21)10-15(12-18-20)19-8-5-4-6-9-19/h10,12,14,17H,3-9,11,13H2,1-2H3. The van der Waals surface area contributed by atoms with E-state index in [4.69, 9.17) is 0 Å². The fraction of sp³-hybridized carbons (Fsp3) is 0.750. The Morgan fingerprint density at radius 1 is 1.33 bits per heavy atom. The molecule has 0 amide bonds. The van der Waals surface area contributed by atoms with Crippen LogP contribution in [0.1, 0.15) is 39.5 Å². The van der Waals surface area contributed by atoms with Crippen molar-refractivity contribution in [1.82, 2.24) is 15.1 Å². The molecule has 1 aromatic heterocycles. The lowest BCUT2D eigenvalue weighted by molar-refractivity contribution is 0.410. The third kappa shape index (κ3) is 4.84. The predicted octanol–water partition coefficient (Wildman–Crippen LogP) is 1.87. The largest absolute Gasteiger partial charge is 0.370 e. The van der Waals surface area contributed by atoms with Crippen LogP contribution in [0.3, 0.4) is 0 Å². The lowest BCUT2D eigenvalue weighted by Gasteiger charge is -2.28. The summed E-state index contributed by atoms with van der Waals surface area (Å²) in [6.45, 7) is 9.02. The van der Waals surface area contributed by atoms with E-state index in [2.05, 4.69) is 29.2 Å². The molecule has 1 fully saturated rings. The van der Waals surface area contributed by atoms with Crippen LogP contribution in [0.4, 0.5) is 5.69 Å². The summed E-state index contributed by atoms with van der Waals surface area (Å²) in [4.78, 5) is 14.5. The Balaban J connectivity index is 1.94. The molecule has 5 heteroatoms. The molecule has 21 heavy (non-hydrogen) atoms. The Kier molecular flexibility index (Phi) is 6.23. The predicted molar refractivity (Wildman–Crippen MR) is 86.9 cm³/mol. The summed E-state index contributed by atoms with van der Waals surface area (Å²) in [7, 11) is 0. The van der Waals surface area contributed by atoms with Crippen LogP contribution in [0.2, 0.25) is 0 Å². The van der Waals surface area contributed by atoms with Gasteiger partial charge in [0.05, 0.1) is 11.9 Å². The first-order valence-electron chi connectivity index (χ1n) is 8.23. The Morgan fingerprint density at radius 3 is 2.76 bits per heavy atom. The van der Waals surface area contributed by atoms with Crippen molar-refractivity contribution >= 4 is 5.69 Å². The molecule has 118 valence electrons. The molecule has 1 aliphatic heterocycles. The molecule has 2 heterocycles. The van der Waals surface area contributed by atoms with Gasteiger partial charge in [-0.2, -0.15) is 5.10 Å². The van der Waals surface area contributed by atoms with Crippen LogP contribution in [0.25, 0.3) is 0 Å². The number of piperidine rings is 1. The molecular formula is C16H28N4O. The molecule has 1 N–H and O–H groups in total. The van der Waals surface area contributed by atoms with Gasteiger partial charge in [-0.15, -0.1) is 0 Å². The molecule has 1 aliphatic rings. The summed E-state index contributed by atoms with van der Waals surface area (Å²) in [5.74, 6) is 0.405. The third-order valence-electron chi connectivity index (χ3n) is 3.98. The molecule has 0 radical (unpaired) electrons. The molecular weight excluding hydrogens is 264 g/mol. The van der Waals surface area contributed by atoms with E-state index in [0.29, 0.717) is 12.5 Å². The first kappa shape index (κ1) is 16.0. The highest BCUT2D eigenvalue weighted by Gasteiger charge is 2.13. The highest BCUT2D eigenvalue weighted by molar-refractivity contribution is 5.43. The Hall–Kier alpha value is -1.36. The maximum atomic E-state index is 12.2. The molecule has 1 atom stereocenters. The van der Waals surface area contributed by atoms with Gasteiger partial charge < -0.3 is 10.2 Å². The van der Waals surface area contributed by atoms with Crippen LogP contribution in [0, 0.1) is 5.92 Å². The first-order chi connectivity index (χ1) is 10.2. The van der Waals surface area contributed by atoms with Gasteiger partial charge in [0.15, 0.2) is 0 Å². The van der Waals surface area contributed by atoms with Crippen molar-refractivity contribution in [3.8, 4) is 0 Å². The molecule has 1 aromatic rings. The number of hydrogen-bond donors (Lipinski definition) is 1. The van der Waals surface area contributed by atoms with Gasteiger partial charge in [0.2, 0.25) is 0 Å². The summed E-state index contributed by atoms with van der Waals surface area (Å²) in [6, 6.07) is 1.74. The summed E-state index contributed by atoms with van der Waals surface area (Å²) >= 11 is 0. The van der Waals surface area contributed by atoms with Crippen LogP contribution in [-0.4, -0.2) is 36.0 Å². The minimum Gasteiger partial charge on any atom is -0.370 e. The second kappa shape index (κ2) is 8.17. The molecule has 1 saturated heterocycles. The summed E-state index contributed by atoms with van der Waals surface area (Å²) in [5, 5.41) is 7.74. The SMILES string of the molecule is CCCNCC(C)Cn1ncc(N2CCCCC2)cc1=O. The van der Waals surface area contributed by atoms with Crippen LogP contribution in [-0.2, 0) is 6.54 Å². The van der Waals surface area contributed by atoms with Crippen molar-refractivity contribution in [2.45, 2.75) is 46.1 Å². The lowest BCUT2D eigenvalue weighted by atomic mass is 10.1. The molecule has 0 spiro atoms. The van der Waals surface area contributed by atoms with Crippen LogP contribution in [0.15, 0.2) is 17.1 Å². The van der Waals surface area contributed by atoms with Gasteiger partial charge in [-0.3, -0.25) is 4.79 Å². The van der Waals surface area contributed by atoms with Gasteiger partial charge in [0.25, 0.3) is 5.56 Å². The highest BCUT2D eigenvalue weighted by atomic mass is 16.1. The minimum absolute atomic E-state index is 0.0143. The van der Waals surface area contributed by atoms with Crippen LogP contribution in [0.5, 0.6) is 0 Å². The van der Waals surface area contributed by atoms with Gasteiger partial charge in [-0.05, 0) is 44.7 Å². The van der Waals surface area contributed by atoms with E-state index < -0.39 is 0 Å². The normalized spacial score (nSPS) is 17.0. The van der Waals surface area contributed by atoms with Gasteiger partial charge in [-0.1, -0.05) is 13.8 Å². The van der Waals surface area contributed by atoms with Crippen molar-refractivity contribution in [1.29, 1.82) is 0 Å². The van der Waals surface area contributed by atoms with Gasteiger partial charge in [0, 0.05) is 25.7 Å². The van der Waals surface area contributed by atoms with Crippen LogP contribution >= 0.6 is 0 Å². The monoisotopic (exact) mass is 292 g/mol. The number of nitrogens with one attached hydrogen (secondary N) is 1. The summed E-state index contributed by atoms with van der Waals surface area (Å²) in [5.41, 5.74) is 0.994. The van der Waals surface area contributed by atoms with Crippen LogP contribution < -0.4 is 15.8 Å². The van der Waals surface area contributed by atoms with Crippen molar-refractivity contribution < 1.29 is 0 Å². The smallest absolute Gasteiger partial charge is 0.268 e. The zero-order valence-corrected chi connectivity index (χ0v) is 13.3. The minimum atomic E-state index is 0.0143. The van der Waals surface area contributed by atoms with Crippen molar-refractivity contribution in [2.75, 3.05) is 31.1 Å². The third-order valence-corrected chi connectivity index (χ3v) is 3.98. The fourth-order valence-electron chi connectivity index (χ4n) is 2.77. The van der Waals surface area contributed by atoms with E-state index in [1.807, 2.05) is 6.20 Å². The van der Waals surface area contributed by atoms with E-state index >= 15 is 0 Å². The Morgan fingerprint density at radius 2 is 2.10 bits per heavy atom. The van der Waals surface area contributed by atoms with Gasteiger partial charge in [0.1, 0.15) is 0 Å². The first-order valence-corrected chi connectivity index (χ1v) is 8.23. The second-order valence-electron chi connectivity index (χ2n) is 6.09. The Bertz CT molecular complexity index is 479. The Labute approximate surface area is 127 Å². The van der Waals surface area contributed by atoms with Crippen molar-refractivity contribution in [2.24, 2.45) is 5.92 Å². The van der Waals surface area contributed by atoms with E-state index in [1.54, 1.807) is 10.7 Å². The molecule has 0 saturated carbocycles. The molecule has 0 bridgehead atoms. The lowest BCUT2D eigenvalue weighted by Crippen LogP contribution is -2.33. The van der Waals surface area contributed by atoms with Gasteiger partial charge >= 0.3 is 0 Å². The number of anilines is 1. The zero-order chi connectivity index (χ0) is 15.1. The molecule has 5 nitrogen and oxygen atoms in total. The van der Waals surface area contributed by atoms with E-state index in [9.17, 15) is 4.79 Å². The van der Waals surface area contributed by atoms with E-state index in [0.717, 1.165) is 38.3 Å². The fourth-order valence-corrected chi connectivity index (χ4v) is 2.77. The zero-order valence-electron chi connectivity index (χ0n) is 13.3. The molecule has 0 aromatic carbocycles. The van der Waals surface area contributed by atoms with E-state index in [1.165, 1.54) is 19.3 Å². The van der Waals surface area contributed by atoms with E-state index in [-0.39, 0.29) is 5.56 Å². The number of nitrogens with zero attached hydrogens (tertiary/aromatic N) is 3. The average molecular weight is 292 g/mol. The number of rotatable bonds is 7. The van der Waals surface area contributed by atoms with Crippen molar-refractivity contribution in [3.63, 3.8) is 0 Å². The molecule has 2 rings (SSSR count). The summed E-state index contributed by atoms with van der Waals surface area (Å²) in [6.07, 6.45) is 6.70. The topological polar surface area (TPSA) is 50.2 Å². The van der Waals surface area contributed by atoms with Gasteiger partial charge in [-0.25, -0.2) is 4.68 Å². The maximum Gasteiger partial charge on any atom is 0.268 e. The van der Waals surface area contributed by atoms with Crippen molar-refractivity contribution in [3.05, 3.63) is 22.6 Å². The average Bonchev–Trinajstić information content (AvgIpc) is 2.50. The molecule has 0 aliphatic carbocycles. The maximum absolute atomic E-state index is 12.2.